The number of anilines is 2. The Balaban J connectivity index is 1.01. The predicted molar refractivity (Wildman–Crippen MR) is 185 cm³/mol. The predicted octanol–water partition coefficient (Wildman–Crippen LogP) is 4.64. The minimum absolute atomic E-state index is 0.0274. The van der Waals surface area contributed by atoms with Crippen LogP contribution < -0.4 is 15.4 Å². The number of rotatable bonds is 10. The first-order chi connectivity index (χ1) is 24.0. The van der Waals surface area contributed by atoms with Gasteiger partial charge in [0.25, 0.3) is 5.91 Å². The third-order valence-corrected chi connectivity index (χ3v) is 9.61. The van der Waals surface area contributed by atoms with E-state index in [1.165, 1.54) is 0 Å². The molecule has 2 amide bonds. The minimum atomic E-state index is -0.0282. The Bertz CT molecular complexity index is 2050. The molecule has 2 saturated heterocycles. The number of benzene rings is 1. The van der Waals surface area contributed by atoms with Crippen molar-refractivity contribution in [3.05, 3.63) is 72.4 Å². The van der Waals surface area contributed by atoms with Crippen molar-refractivity contribution in [2.24, 2.45) is 5.92 Å². The standard InChI is InChI=1S/C36H38N10O3/c1-37-34-32-28(15-31(42-43-32)41-35(47)22-11-12-22)29(17-38-34)27-9-6-8-26(33(27)49-2)23-16-39-46(18-23)25-20-44(21-25)19-24-7-5-10-30(40-24)36(48)45-13-3-4-14-45/h5-10,15-18,22,25H,3-4,11-14,19-21H2,1-2H3,(H,37,38)(H,41,42,47). The van der Waals surface area contributed by atoms with E-state index in [0.29, 0.717) is 35.1 Å². The van der Waals surface area contributed by atoms with E-state index in [2.05, 4.69) is 41.9 Å². The fraction of sp³-hybridized carbons (Fsp3) is 0.361. The summed E-state index contributed by atoms with van der Waals surface area (Å²) in [4.78, 5) is 38.8. The van der Waals surface area contributed by atoms with Gasteiger partial charge in [-0.25, -0.2) is 9.97 Å². The van der Waals surface area contributed by atoms with Gasteiger partial charge in [0, 0.05) is 85.7 Å². The molecule has 2 aliphatic heterocycles. The molecule has 6 heterocycles. The van der Waals surface area contributed by atoms with Gasteiger partial charge in [0.05, 0.1) is 25.0 Å². The van der Waals surface area contributed by atoms with Crippen molar-refractivity contribution in [3.8, 4) is 28.0 Å². The lowest BCUT2D eigenvalue weighted by Gasteiger charge is -2.39. The average Bonchev–Trinajstić information content (AvgIpc) is 3.60. The number of likely N-dealkylation sites (tertiary alicyclic amines) is 2. The van der Waals surface area contributed by atoms with Crippen LogP contribution in [0, 0.1) is 5.92 Å². The number of ether oxygens (including phenoxy) is 1. The molecule has 3 aliphatic rings. The van der Waals surface area contributed by atoms with Crippen molar-refractivity contribution in [3.63, 3.8) is 0 Å². The van der Waals surface area contributed by atoms with Gasteiger partial charge in [-0.1, -0.05) is 24.3 Å². The summed E-state index contributed by atoms with van der Waals surface area (Å²) in [5, 5.41) is 20.2. The Hall–Kier alpha value is -5.43. The van der Waals surface area contributed by atoms with Crippen LogP contribution in [0.4, 0.5) is 11.6 Å². The molecular weight excluding hydrogens is 620 g/mol. The summed E-state index contributed by atoms with van der Waals surface area (Å²) in [5.41, 5.74) is 5.52. The van der Waals surface area contributed by atoms with Gasteiger partial charge in [-0.15, -0.1) is 10.2 Å². The second kappa shape index (κ2) is 12.9. The van der Waals surface area contributed by atoms with Gasteiger partial charge in [-0.2, -0.15) is 5.10 Å². The fourth-order valence-corrected chi connectivity index (χ4v) is 6.77. The lowest BCUT2D eigenvalue weighted by molar-refractivity contribution is -0.117. The van der Waals surface area contributed by atoms with Crippen molar-refractivity contribution < 1.29 is 14.3 Å². The van der Waals surface area contributed by atoms with Crippen molar-refractivity contribution in [2.75, 3.05) is 51.0 Å². The molecule has 1 aromatic carbocycles. The smallest absolute Gasteiger partial charge is 0.272 e. The van der Waals surface area contributed by atoms with Gasteiger partial charge in [-0.05, 0) is 43.9 Å². The lowest BCUT2D eigenvalue weighted by atomic mass is 9.97. The number of nitrogens with zero attached hydrogens (tertiary/aromatic N) is 8. The van der Waals surface area contributed by atoms with E-state index in [1.54, 1.807) is 20.4 Å². The molecule has 4 aromatic heterocycles. The van der Waals surface area contributed by atoms with E-state index in [0.717, 1.165) is 85.2 Å². The van der Waals surface area contributed by atoms with E-state index in [9.17, 15) is 9.59 Å². The average molecular weight is 659 g/mol. The third-order valence-electron chi connectivity index (χ3n) is 9.61. The van der Waals surface area contributed by atoms with Crippen molar-refractivity contribution in [1.29, 1.82) is 0 Å². The zero-order valence-electron chi connectivity index (χ0n) is 27.6. The molecule has 0 bridgehead atoms. The van der Waals surface area contributed by atoms with E-state index < -0.39 is 0 Å². The zero-order valence-corrected chi connectivity index (χ0v) is 27.6. The molecule has 0 unspecified atom stereocenters. The Labute approximate surface area is 283 Å². The lowest BCUT2D eigenvalue weighted by Crippen LogP contribution is -2.47. The van der Waals surface area contributed by atoms with Crippen LogP contribution in [0.2, 0.25) is 0 Å². The van der Waals surface area contributed by atoms with E-state index in [1.807, 2.05) is 58.2 Å². The number of aromatic nitrogens is 6. The topological polar surface area (TPSA) is 143 Å². The molecule has 0 atom stereocenters. The highest BCUT2D eigenvalue weighted by atomic mass is 16.5. The molecule has 5 aromatic rings. The first-order valence-corrected chi connectivity index (χ1v) is 16.8. The molecule has 2 N–H and O–H groups in total. The Morgan fingerprint density at radius 2 is 1.78 bits per heavy atom. The van der Waals surface area contributed by atoms with Gasteiger partial charge in [0.15, 0.2) is 11.6 Å². The number of pyridine rings is 2. The highest BCUT2D eigenvalue weighted by molar-refractivity contribution is 6.03. The molecule has 1 saturated carbocycles. The molecule has 3 fully saturated rings. The molecule has 250 valence electrons. The van der Waals surface area contributed by atoms with Crippen LogP contribution in [-0.2, 0) is 11.3 Å². The van der Waals surface area contributed by atoms with Gasteiger partial charge >= 0.3 is 0 Å². The number of hydrogen-bond donors (Lipinski definition) is 2. The summed E-state index contributed by atoms with van der Waals surface area (Å²) in [6.45, 7) is 3.98. The van der Waals surface area contributed by atoms with Crippen LogP contribution in [0.25, 0.3) is 33.2 Å². The Morgan fingerprint density at radius 3 is 2.55 bits per heavy atom. The number of carbonyl (C=O) groups excluding carboxylic acids is 2. The summed E-state index contributed by atoms with van der Waals surface area (Å²) in [7, 11) is 3.45. The fourth-order valence-electron chi connectivity index (χ4n) is 6.77. The number of amides is 2. The van der Waals surface area contributed by atoms with E-state index in [-0.39, 0.29) is 23.8 Å². The molecule has 0 radical (unpaired) electrons. The van der Waals surface area contributed by atoms with Crippen LogP contribution in [-0.4, -0.2) is 91.9 Å². The number of hydrogen-bond acceptors (Lipinski definition) is 10. The van der Waals surface area contributed by atoms with Gasteiger partial charge in [0.2, 0.25) is 5.91 Å². The largest absolute Gasteiger partial charge is 0.495 e. The first-order valence-electron chi connectivity index (χ1n) is 16.8. The number of methoxy groups -OCH3 is 1. The van der Waals surface area contributed by atoms with Crippen molar-refractivity contribution in [2.45, 2.75) is 38.3 Å². The molecule has 1 aliphatic carbocycles. The van der Waals surface area contributed by atoms with Crippen molar-refractivity contribution in [1.82, 2.24) is 39.7 Å². The molecule has 49 heavy (non-hydrogen) atoms. The van der Waals surface area contributed by atoms with Crippen molar-refractivity contribution >= 4 is 34.4 Å². The van der Waals surface area contributed by atoms with Crippen LogP contribution in [0.15, 0.2) is 61.1 Å². The van der Waals surface area contributed by atoms with Gasteiger partial charge in [0.1, 0.15) is 17.0 Å². The van der Waals surface area contributed by atoms with Crippen LogP contribution >= 0.6 is 0 Å². The van der Waals surface area contributed by atoms with Gasteiger partial charge < -0.3 is 20.3 Å². The van der Waals surface area contributed by atoms with Crippen LogP contribution in [0.5, 0.6) is 5.75 Å². The highest BCUT2D eigenvalue weighted by Crippen LogP contribution is 2.42. The highest BCUT2D eigenvalue weighted by Gasteiger charge is 2.31. The second-order valence-electron chi connectivity index (χ2n) is 13.0. The molecule has 0 spiro atoms. The third kappa shape index (κ3) is 6.06. The normalized spacial score (nSPS) is 16.5. The first kappa shape index (κ1) is 30.9. The quantitative estimate of drug-likeness (QED) is 0.218. The number of para-hydroxylation sites is 1. The monoisotopic (exact) mass is 658 g/mol. The number of nitrogens with one attached hydrogen (secondary N) is 2. The molecule has 8 rings (SSSR count). The SMILES string of the molecule is CNc1ncc(-c2cccc(-c3cnn(C4CN(Cc5cccc(C(=O)N6CCCC6)n5)C4)c3)c2OC)c2cc(NC(=O)C3CC3)nnc12. The maximum absolute atomic E-state index is 12.8. The summed E-state index contributed by atoms with van der Waals surface area (Å²) in [5.74, 6) is 1.74. The van der Waals surface area contributed by atoms with Crippen LogP contribution in [0.1, 0.15) is 47.9 Å². The summed E-state index contributed by atoms with van der Waals surface area (Å²) < 4.78 is 8.06. The number of fused-ring (bicyclic) bond motifs is 1. The molecule has 13 heteroatoms. The molecular formula is C36H38N10O3. The summed E-state index contributed by atoms with van der Waals surface area (Å²) >= 11 is 0. The maximum atomic E-state index is 12.8. The second-order valence-corrected chi connectivity index (χ2v) is 13.0. The zero-order chi connectivity index (χ0) is 33.5. The summed E-state index contributed by atoms with van der Waals surface area (Å²) in [6, 6.07) is 13.8. The summed E-state index contributed by atoms with van der Waals surface area (Å²) in [6.07, 6.45) is 9.66. The Morgan fingerprint density at radius 1 is 0.980 bits per heavy atom. The van der Waals surface area contributed by atoms with E-state index >= 15 is 0 Å². The maximum Gasteiger partial charge on any atom is 0.272 e. The van der Waals surface area contributed by atoms with Gasteiger partial charge in [-0.3, -0.25) is 19.2 Å². The molecule has 13 nitrogen and oxygen atoms in total. The number of carbonyl (C=O) groups is 2. The van der Waals surface area contributed by atoms with E-state index in [4.69, 9.17) is 9.84 Å². The van der Waals surface area contributed by atoms with Crippen LogP contribution in [0.3, 0.4) is 0 Å². The Kier molecular flexibility index (Phi) is 8.12. The minimum Gasteiger partial charge on any atom is -0.495 e.